The first-order valence-electron chi connectivity index (χ1n) is 11.1. The van der Waals surface area contributed by atoms with Gasteiger partial charge in [0.05, 0.1) is 12.5 Å². The lowest BCUT2D eigenvalue weighted by Crippen LogP contribution is -2.10. The zero-order valence-corrected chi connectivity index (χ0v) is 21.0. The second-order valence-corrected chi connectivity index (χ2v) is 8.28. The standard InChI is InChI=1S/C15H12BrNO3.C6H14.C4H8O2/c16-11-8-12-10(15(19)20)6-7-17(12)13(11)14(18)9-4-2-1-3-5-9;1-3-5-6-4-2;1-3-6-4(2)5/h1-5,8,10H,6-7H2,(H,19,20);3-6H2,1-2H3;3H2,1-2H3. The summed E-state index contributed by atoms with van der Waals surface area (Å²) in [5, 5.41) is 9.20. The molecule has 32 heavy (non-hydrogen) atoms. The molecule has 1 atom stereocenters. The fourth-order valence-electron chi connectivity index (χ4n) is 3.38. The molecular formula is C25H34BrNO5. The van der Waals surface area contributed by atoms with E-state index in [1.807, 2.05) is 22.8 Å². The van der Waals surface area contributed by atoms with Crippen molar-refractivity contribution in [2.45, 2.75) is 72.3 Å². The van der Waals surface area contributed by atoms with Gasteiger partial charge in [-0.15, -0.1) is 0 Å². The van der Waals surface area contributed by atoms with E-state index in [2.05, 4.69) is 34.5 Å². The van der Waals surface area contributed by atoms with E-state index in [4.69, 9.17) is 0 Å². The Kier molecular flexibility index (Phi) is 12.6. The van der Waals surface area contributed by atoms with Gasteiger partial charge in [-0.05, 0) is 35.3 Å². The molecule has 0 saturated heterocycles. The number of carboxylic acid groups (broad SMARTS) is 1. The van der Waals surface area contributed by atoms with E-state index in [0.29, 0.717) is 41.0 Å². The molecule has 0 radical (unpaired) electrons. The summed E-state index contributed by atoms with van der Waals surface area (Å²) in [6.45, 7) is 8.68. The van der Waals surface area contributed by atoms with Crippen molar-refractivity contribution in [3.63, 3.8) is 0 Å². The van der Waals surface area contributed by atoms with Crippen LogP contribution in [0.15, 0.2) is 40.9 Å². The summed E-state index contributed by atoms with van der Waals surface area (Å²) in [6.07, 6.45) is 6.07. The molecule has 1 aliphatic rings. The third kappa shape index (κ3) is 8.26. The average molecular weight is 508 g/mol. The molecule has 0 saturated carbocycles. The Labute approximate surface area is 199 Å². The van der Waals surface area contributed by atoms with E-state index in [0.717, 1.165) is 0 Å². The first kappa shape index (κ1) is 27.6. The molecule has 0 spiro atoms. The molecular weight excluding hydrogens is 474 g/mol. The van der Waals surface area contributed by atoms with Crippen molar-refractivity contribution in [1.82, 2.24) is 4.57 Å². The number of fused-ring (bicyclic) bond motifs is 1. The lowest BCUT2D eigenvalue weighted by Gasteiger charge is -2.06. The summed E-state index contributed by atoms with van der Waals surface area (Å²) in [6, 6.07) is 10.8. The molecule has 1 unspecified atom stereocenters. The van der Waals surface area contributed by atoms with Gasteiger partial charge in [0, 0.05) is 29.2 Å². The highest BCUT2D eigenvalue weighted by atomic mass is 79.9. The highest BCUT2D eigenvalue weighted by Crippen LogP contribution is 2.36. The number of aliphatic carboxylic acids is 1. The van der Waals surface area contributed by atoms with Crippen LogP contribution in [0.5, 0.6) is 0 Å². The fraction of sp³-hybridized carbons (Fsp3) is 0.480. The molecule has 1 aromatic carbocycles. The second kappa shape index (κ2) is 14.6. The van der Waals surface area contributed by atoms with Crippen molar-refractivity contribution in [3.05, 3.63) is 57.8 Å². The zero-order valence-electron chi connectivity index (χ0n) is 19.4. The van der Waals surface area contributed by atoms with E-state index in [1.54, 1.807) is 25.1 Å². The van der Waals surface area contributed by atoms with E-state index in [1.165, 1.54) is 32.6 Å². The largest absolute Gasteiger partial charge is 0.481 e. The SMILES string of the molecule is CCCCCC.CCOC(C)=O.O=C(c1ccccc1)c1c(Br)cc2n1CCC2C(=O)O. The van der Waals surface area contributed by atoms with Crippen LogP contribution in [0.2, 0.25) is 0 Å². The van der Waals surface area contributed by atoms with Gasteiger partial charge in [0.15, 0.2) is 0 Å². The van der Waals surface area contributed by atoms with Crippen molar-refractivity contribution in [2.24, 2.45) is 0 Å². The Bertz CT molecular complexity index is 872. The number of carbonyl (C=O) groups excluding carboxylic acids is 2. The number of aromatic nitrogens is 1. The summed E-state index contributed by atoms with van der Waals surface area (Å²) >= 11 is 3.38. The topological polar surface area (TPSA) is 85.6 Å². The maximum atomic E-state index is 12.6. The van der Waals surface area contributed by atoms with Gasteiger partial charge in [0.2, 0.25) is 5.78 Å². The second-order valence-electron chi connectivity index (χ2n) is 7.42. The average Bonchev–Trinajstić information content (AvgIpc) is 3.31. The minimum atomic E-state index is -0.840. The molecule has 2 aromatic rings. The molecule has 176 valence electrons. The van der Waals surface area contributed by atoms with Crippen LogP contribution < -0.4 is 0 Å². The molecule has 2 heterocycles. The predicted molar refractivity (Wildman–Crippen MR) is 129 cm³/mol. The van der Waals surface area contributed by atoms with Crippen molar-refractivity contribution >= 4 is 33.7 Å². The van der Waals surface area contributed by atoms with Crippen LogP contribution in [-0.2, 0) is 20.9 Å². The fourth-order valence-corrected chi connectivity index (χ4v) is 4.01. The van der Waals surface area contributed by atoms with Crippen molar-refractivity contribution < 1.29 is 24.2 Å². The predicted octanol–water partition coefficient (Wildman–Crippen LogP) is 6.21. The number of nitrogens with zero attached hydrogens (tertiary/aromatic N) is 1. The summed E-state index contributed by atoms with van der Waals surface area (Å²) in [5.74, 6) is -1.66. The van der Waals surface area contributed by atoms with Gasteiger partial charge >= 0.3 is 11.9 Å². The van der Waals surface area contributed by atoms with Gasteiger partial charge in [0.25, 0.3) is 0 Å². The number of unbranched alkanes of at least 4 members (excludes halogenated alkanes) is 3. The smallest absolute Gasteiger partial charge is 0.312 e. The zero-order chi connectivity index (χ0) is 24.1. The highest BCUT2D eigenvalue weighted by Gasteiger charge is 2.33. The Morgan fingerprint density at radius 3 is 2.12 bits per heavy atom. The Balaban J connectivity index is 0.000000355. The molecule has 1 aliphatic heterocycles. The van der Waals surface area contributed by atoms with Gasteiger partial charge in [-0.1, -0.05) is 69.9 Å². The van der Waals surface area contributed by atoms with Crippen LogP contribution in [0.1, 0.15) is 87.5 Å². The number of benzene rings is 1. The molecule has 1 N–H and O–H groups in total. The van der Waals surface area contributed by atoms with Gasteiger partial charge in [-0.3, -0.25) is 14.4 Å². The van der Waals surface area contributed by atoms with Crippen molar-refractivity contribution in [2.75, 3.05) is 6.61 Å². The number of rotatable bonds is 7. The Morgan fingerprint density at radius 2 is 1.69 bits per heavy atom. The number of carbonyl (C=O) groups is 3. The summed E-state index contributed by atoms with van der Waals surface area (Å²) in [4.78, 5) is 33.6. The lowest BCUT2D eigenvalue weighted by molar-refractivity contribution is -0.140. The lowest BCUT2D eigenvalue weighted by atomic mass is 10.1. The first-order chi connectivity index (χ1) is 15.3. The number of carboxylic acids is 1. The molecule has 0 bridgehead atoms. The number of hydrogen-bond donors (Lipinski definition) is 1. The molecule has 3 rings (SSSR count). The normalized spacial score (nSPS) is 13.7. The van der Waals surface area contributed by atoms with Crippen LogP contribution in [0.25, 0.3) is 0 Å². The minimum absolute atomic E-state index is 0.0882. The van der Waals surface area contributed by atoms with Crippen LogP contribution >= 0.6 is 15.9 Å². The van der Waals surface area contributed by atoms with Gasteiger partial charge in [-0.25, -0.2) is 0 Å². The third-order valence-electron chi connectivity index (χ3n) is 4.93. The molecule has 0 amide bonds. The van der Waals surface area contributed by atoms with E-state index in [9.17, 15) is 19.5 Å². The van der Waals surface area contributed by atoms with Crippen molar-refractivity contribution in [1.29, 1.82) is 0 Å². The first-order valence-corrected chi connectivity index (χ1v) is 11.9. The monoisotopic (exact) mass is 507 g/mol. The van der Waals surface area contributed by atoms with E-state index in [-0.39, 0.29) is 11.8 Å². The summed E-state index contributed by atoms with van der Waals surface area (Å²) in [5.41, 5.74) is 1.84. The van der Waals surface area contributed by atoms with Crippen LogP contribution in [0.3, 0.4) is 0 Å². The molecule has 1 aromatic heterocycles. The van der Waals surface area contributed by atoms with Gasteiger partial charge < -0.3 is 14.4 Å². The Morgan fingerprint density at radius 1 is 1.09 bits per heavy atom. The number of esters is 1. The number of ether oxygens (including phenoxy) is 1. The summed E-state index contributed by atoms with van der Waals surface area (Å²) < 4.78 is 6.88. The third-order valence-corrected chi connectivity index (χ3v) is 5.54. The van der Waals surface area contributed by atoms with Crippen molar-refractivity contribution in [3.8, 4) is 0 Å². The van der Waals surface area contributed by atoms with Gasteiger partial charge in [0.1, 0.15) is 5.69 Å². The molecule has 7 heteroatoms. The highest BCUT2D eigenvalue weighted by molar-refractivity contribution is 9.10. The Hall–Kier alpha value is -2.41. The quantitative estimate of drug-likeness (QED) is 0.273. The van der Waals surface area contributed by atoms with Gasteiger partial charge in [-0.2, -0.15) is 0 Å². The summed E-state index contributed by atoms with van der Waals surface area (Å²) in [7, 11) is 0. The van der Waals surface area contributed by atoms with Crippen LogP contribution in [0, 0.1) is 0 Å². The minimum Gasteiger partial charge on any atom is -0.481 e. The maximum absolute atomic E-state index is 12.6. The maximum Gasteiger partial charge on any atom is 0.312 e. The molecule has 0 fully saturated rings. The molecule has 0 aliphatic carbocycles. The van der Waals surface area contributed by atoms with Crippen LogP contribution in [0.4, 0.5) is 0 Å². The van der Waals surface area contributed by atoms with Crippen LogP contribution in [-0.4, -0.2) is 34.0 Å². The number of hydrogen-bond acceptors (Lipinski definition) is 4. The molecule has 6 nitrogen and oxygen atoms in total. The van der Waals surface area contributed by atoms with E-state index >= 15 is 0 Å². The van der Waals surface area contributed by atoms with E-state index < -0.39 is 11.9 Å². The number of halogens is 1. The number of ketones is 1.